The maximum absolute atomic E-state index is 12.7. The van der Waals surface area contributed by atoms with Crippen molar-refractivity contribution in [3.63, 3.8) is 0 Å². The van der Waals surface area contributed by atoms with Crippen LogP contribution in [0.4, 0.5) is 8.78 Å². The van der Waals surface area contributed by atoms with Crippen molar-refractivity contribution >= 4 is 39.4 Å². The first-order chi connectivity index (χ1) is 5.52. The summed E-state index contributed by atoms with van der Waals surface area (Å²) in [5.41, 5.74) is -0.430. The van der Waals surface area contributed by atoms with Gasteiger partial charge in [-0.1, -0.05) is 0 Å². The van der Waals surface area contributed by atoms with Crippen molar-refractivity contribution in [3.05, 3.63) is 32.9 Å². The van der Waals surface area contributed by atoms with Gasteiger partial charge in [0.05, 0.1) is 5.56 Å². The van der Waals surface area contributed by atoms with E-state index in [1.54, 1.807) is 22.6 Å². The zero-order valence-corrected chi connectivity index (χ0v) is 8.49. The number of carbonyl (C=O) groups excluding carboxylic acids is 1. The van der Waals surface area contributed by atoms with E-state index >= 15 is 0 Å². The first-order valence-electron chi connectivity index (χ1n) is 2.86. The molecule has 1 rings (SSSR count). The SMILES string of the molecule is O=C(Cl)c1cc(I)cc(F)c1F. The Morgan fingerprint density at radius 3 is 2.50 bits per heavy atom. The van der Waals surface area contributed by atoms with Crippen LogP contribution in [0.5, 0.6) is 0 Å². The van der Waals surface area contributed by atoms with Gasteiger partial charge in [-0.05, 0) is 46.3 Å². The van der Waals surface area contributed by atoms with E-state index in [1.165, 1.54) is 6.07 Å². The van der Waals surface area contributed by atoms with E-state index in [4.69, 9.17) is 11.6 Å². The van der Waals surface area contributed by atoms with E-state index in [2.05, 4.69) is 0 Å². The molecule has 0 amide bonds. The molecule has 0 bridgehead atoms. The Balaban J connectivity index is 3.37. The van der Waals surface area contributed by atoms with E-state index in [1.807, 2.05) is 0 Å². The highest BCUT2D eigenvalue weighted by Crippen LogP contribution is 2.17. The summed E-state index contributed by atoms with van der Waals surface area (Å²) in [6.45, 7) is 0. The molecular weight excluding hydrogens is 300 g/mol. The third kappa shape index (κ3) is 1.92. The first kappa shape index (κ1) is 9.85. The van der Waals surface area contributed by atoms with Gasteiger partial charge in [0.2, 0.25) is 0 Å². The second-order valence-corrected chi connectivity index (χ2v) is 3.61. The maximum Gasteiger partial charge on any atom is 0.255 e. The molecule has 0 saturated carbocycles. The molecule has 12 heavy (non-hydrogen) atoms. The van der Waals surface area contributed by atoms with Gasteiger partial charge in [-0.3, -0.25) is 4.79 Å². The summed E-state index contributed by atoms with van der Waals surface area (Å²) in [6, 6.07) is 2.17. The van der Waals surface area contributed by atoms with Crippen molar-refractivity contribution in [2.75, 3.05) is 0 Å². The van der Waals surface area contributed by atoms with Gasteiger partial charge >= 0.3 is 0 Å². The van der Waals surface area contributed by atoms with Crippen LogP contribution in [0.2, 0.25) is 0 Å². The number of hydrogen-bond acceptors (Lipinski definition) is 1. The number of carbonyl (C=O) groups is 1. The molecule has 1 aromatic rings. The Hall–Kier alpha value is -0.230. The lowest BCUT2D eigenvalue weighted by molar-refractivity contribution is 0.107. The van der Waals surface area contributed by atoms with E-state index in [0.717, 1.165) is 6.07 Å². The Morgan fingerprint density at radius 2 is 2.00 bits per heavy atom. The molecule has 0 aliphatic heterocycles. The monoisotopic (exact) mass is 302 g/mol. The van der Waals surface area contributed by atoms with Crippen molar-refractivity contribution in [1.29, 1.82) is 0 Å². The lowest BCUT2D eigenvalue weighted by Gasteiger charge is -1.98. The third-order valence-corrected chi connectivity index (χ3v) is 2.03. The fourth-order valence-corrected chi connectivity index (χ4v) is 1.42. The van der Waals surface area contributed by atoms with Crippen molar-refractivity contribution in [2.45, 2.75) is 0 Å². The predicted molar refractivity (Wildman–Crippen MR) is 49.3 cm³/mol. The summed E-state index contributed by atoms with van der Waals surface area (Å²) in [7, 11) is 0. The molecule has 0 heterocycles. The van der Waals surface area contributed by atoms with Gasteiger partial charge in [-0.15, -0.1) is 0 Å². The molecule has 0 saturated heterocycles. The zero-order valence-electron chi connectivity index (χ0n) is 5.57. The molecule has 5 heteroatoms. The van der Waals surface area contributed by atoms with Gasteiger partial charge < -0.3 is 0 Å². The van der Waals surface area contributed by atoms with Gasteiger partial charge in [0.25, 0.3) is 5.24 Å². The van der Waals surface area contributed by atoms with Crippen LogP contribution < -0.4 is 0 Å². The Bertz CT molecular complexity index is 340. The largest absolute Gasteiger partial charge is 0.275 e. The Labute approximate surface area is 85.9 Å². The summed E-state index contributed by atoms with van der Waals surface area (Å²) in [6.07, 6.45) is 0. The molecule has 1 nitrogen and oxygen atoms in total. The average Bonchev–Trinajstić information content (AvgIpc) is 1.96. The average molecular weight is 302 g/mol. The molecule has 0 aromatic heterocycles. The highest BCUT2D eigenvalue weighted by atomic mass is 127. The van der Waals surface area contributed by atoms with Crippen molar-refractivity contribution in [2.24, 2.45) is 0 Å². The number of hydrogen-bond donors (Lipinski definition) is 0. The topological polar surface area (TPSA) is 17.1 Å². The molecule has 0 unspecified atom stereocenters. The zero-order chi connectivity index (χ0) is 9.30. The molecule has 0 spiro atoms. The normalized spacial score (nSPS) is 10.0. The lowest BCUT2D eigenvalue weighted by Crippen LogP contribution is -1.98. The van der Waals surface area contributed by atoms with Crippen molar-refractivity contribution in [1.82, 2.24) is 0 Å². The van der Waals surface area contributed by atoms with Crippen LogP contribution in [0, 0.1) is 15.2 Å². The highest BCUT2D eigenvalue weighted by Gasteiger charge is 2.14. The minimum absolute atomic E-state index is 0.426. The maximum atomic E-state index is 12.7. The van der Waals surface area contributed by atoms with Crippen molar-refractivity contribution < 1.29 is 13.6 Å². The molecule has 0 aliphatic rings. The van der Waals surface area contributed by atoms with Gasteiger partial charge in [0.15, 0.2) is 11.6 Å². The predicted octanol–water partition coefficient (Wildman–Crippen LogP) is 2.95. The highest BCUT2D eigenvalue weighted by molar-refractivity contribution is 14.1. The molecular formula is C7H2ClF2IO. The van der Waals surface area contributed by atoms with Crippen molar-refractivity contribution in [3.8, 4) is 0 Å². The van der Waals surface area contributed by atoms with Gasteiger partial charge in [-0.25, -0.2) is 8.78 Å². The Morgan fingerprint density at radius 1 is 1.42 bits per heavy atom. The standard InChI is InChI=1S/C7H2ClF2IO/c8-7(12)4-1-3(11)2-5(9)6(4)10/h1-2H. The van der Waals surface area contributed by atoms with Crippen LogP contribution in [-0.2, 0) is 0 Å². The van der Waals surface area contributed by atoms with E-state index < -0.39 is 22.4 Å². The molecule has 0 aliphatic carbocycles. The van der Waals surface area contributed by atoms with Gasteiger partial charge in [0, 0.05) is 3.57 Å². The van der Waals surface area contributed by atoms with Gasteiger partial charge in [0.1, 0.15) is 0 Å². The minimum atomic E-state index is -1.20. The summed E-state index contributed by atoms with van der Waals surface area (Å²) >= 11 is 6.77. The lowest BCUT2D eigenvalue weighted by atomic mass is 10.2. The first-order valence-corrected chi connectivity index (χ1v) is 4.32. The summed E-state index contributed by atoms with van der Waals surface area (Å²) in [4.78, 5) is 10.5. The Kier molecular flexibility index (Phi) is 3.00. The van der Waals surface area contributed by atoms with Crippen LogP contribution in [0.3, 0.4) is 0 Å². The van der Waals surface area contributed by atoms with Crippen LogP contribution in [-0.4, -0.2) is 5.24 Å². The molecule has 0 fully saturated rings. The van der Waals surface area contributed by atoms with E-state index in [9.17, 15) is 13.6 Å². The molecule has 1 aromatic carbocycles. The molecule has 64 valence electrons. The van der Waals surface area contributed by atoms with Crippen LogP contribution >= 0.6 is 34.2 Å². The van der Waals surface area contributed by atoms with Crippen LogP contribution in [0.1, 0.15) is 10.4 Å². The third-order valence-electron chi connectivity index (χ3n) is 1.20. The fourth-order valence-electron chi connectivity index (χ4n) is 0.699. The number of halogens is 4. The molecule has 0 radical (unpaired) electrons. The van der Waals surface area contributed by atoms with E-state index in [-0.39, 0.29) is 0 Å². The quantitative estimate of drug-likeness (QED) is 0.443. The smallest absolute Gasteiger partial charge is 0.255 e. The second-order valence-electron chi connectivity index (χ2n) is 2.02. The second kappa shape index (κ2) is 3.66. The summed E-state index contributed by atoms with van der Waals surface area (Å²) < 4.78 is 25.8. The molecule has 0 N–H and O–H groups in total. The number of benzene rings is 1. The summed E-state index contributed by atoms with van der Waals surface area (Å²) in [5.74, 6) is -2.26. The van der Waals surface area contributed by atoms with E-state index in [0.29, 0.717) is 3.57 Å². The summed E-state index contributed by atoms with van der Waals surface area (Å²) in [5, 5.41) is -0.995. The van der Waals surface area contributed by atoms with Gasteiger partial charge in [-0.2, -0.15) is 0 Å². The van der Waals surface area contributed by atoms with Crippen LogP contribution in [0.15, 0.2) is 12.1 Å². The molecule has 0 atom stereocenters. The fraction of sp³-hybridized carbons (Fsp3) is 0. The minimum Gasteiger partial charge on any atom is -0.275 e. The number of rotatable bonds is 1. The van der Waals surface area contributed by atoms with Crippen LogP contribution in [0.25, 0.3) is 0 Å².